The van der Waals surface area contributed by atoms with E-state index < -0.39 is 6.10 Å². The minimum Gasteiger partial charge on any atom is -0.387 e. The number of benzene rings is 1. The van der Waals surface area contributed by atoms with Crippen LogP contribution in [0.3, 0.4) is 0 Å². The summed E-state index contributed by atoms with van der Waals surface area (Å²) in [5, 5.41) is 21.2. The Morgan fingerprint density at radius 1 is 1.27 bits per heavy atom. The summed E-state index contributed by atoms with van der Waals surface area (Å²) in [6.45, 7) is 7.55. The first-order valence-electron chi connectivity index (χ1n) is 8.40. The van der Waals surface area contributed by atoms with Gasteiger partial charge in [-0.2, -0.15) is 0 Å². The van der Waals surface area contributed by atoms with E-state index in [9.17, 15) is 5.11 Å². The highest BCUT2D eigenvalue weighted by molar-refractivity contribution is 14.0. The molecule has 1 heterocycles. The molecule has 8 heteroatoms. The van der Waals surface area contributed by atoms with Gasteiger partial charge in [0.05, 0.1) is 11.8 Å². The van der Waals surface area contributed by atoms with Gasteiger partial charge in [0.1, 0.15) is 6.54 Å². The van der Waals surface area contributed by atoms with Gasteiger partial charge in [0.15, 0.2) is 11.7 Å². The number of halogens is 2. The number of guanidine groups is 1. The van der Waals surface area contributed by atoms with Crippen LogP contribution in [-0.2, 0) is 6.54 Å². The first-order valence-corrected chi connectivity index (χ1v) is 8.78. The Hall–Kier alpha value is -1.32. The number of aromatic nitrogens is 1. The molecule has 0 amide bonds. The lowest BCUT2D eigenvalue weighted by Crippen LogP contribution is -2.39. The van der Waals surface area contributed by atoms with Crippen LogP contribution < -0.4 is 10.6 Å². The average molecular weight is 493 g/mol. The Kier molecular flexibility index (Phi) is 9.97. The van der Waals surface area contributed by atoms with E-state index in [0.29, 0.717) is 35.7 Å². The van der Waals surface area contributed by atoms with Gasteiger partial charge in [-0.25, -0.2) is 4.99 Å². The Morgan fingerprint density at radius 3 is 2.54 bits per heavy atom. The number of hydrogen-bond donors (Lipinski definition) is 3. The third-order valence-electron chi connectivity index (χ3n) is 3.62. The number of aliphatic hydroxyl groups is 1. The second-order valence-corrected chi connectivity index (χ2v) is 6.45. The molecular weight excluding hydrogens is 467 g/mol. The van der Waals surface area contributed by atoms with Gasteiger partial charge in [-0.3, -0.25) is 0 Å². The molecule has 0 bridgehead atoms. The average Bonchev–Trinajstić information content (AvgIpc) is 3.07. The summed E-state index contributed by atoms with van der Waals surface area (Å²) in [4.78, 5) is 4.46. The highest BCUT2D eigenvalue weighted by atomic mass is 127. The van der Waals surface area contributed by atoms with Crippen molar-refractivity contribution in [1.82, 2.24) is 15.8 Å². The monoisotopic (exact) mass is 492 g/mol. The number of aliphatic imine (C=N–C) groups is 1. The van der Waals surface area contributed by atoms with E-state index in [2.05, 4.69) is 34.6 Å². The smallest absolute Gasteiger partial charge is 0.191 e. The Balaban J connectivity index is 0.00000338. The maximum Gasteiger partial charge on any atom is 0.191 e. The van der Waals surface area contributed by atoms with E-state index in [1.165, 1.54) is 0 Å². The van der Waals surface area contributed by atoms with Gasteiger partial charge < -0.3 is 20.3 Å². The Labute approximate surface area is 176 Å². The Morgan fingerprint density at radius 2 is 1.96 bits per heavy atom. The van der Waals surface area contributed by atoms with Crippen LogP contribution in [-0.4, -0.2) is 29.3 Å². The molecule has 0 spiro atoms. The zero-order chi connectivity index (χ0) is 18.2. The SMILES string of the molecule is CCNC(=NCc1cc(C(C)C)no1)NCC(O)c1ccc(Cl)cc1.I. The van der Waals surface area contributed by atoms with Crippen molar-refractivity contribution in [3.8, 4) is 0 Å². The standard InChI is InChI=1S/C18H25ClN4O2.HI/c1-4-20-18(21-10-15-9-16(12(2)3)23-25-15)22-11-17(24)13-5-7-14(19)8-6-13;/h5-9,12,17,24H,4,10-11H2,1-3H3,(H2,20,21,22);1H. The highest BCUT2D eigenvalue weighted by Crippen LogP contribution is 2.16. The van der Waals surface area contributed by atoms with Crippen molar-refractivity contribution in [1.29, 1.82) is 0 Å². The predicted molar refractivity (Wildman–Crippen MR) is 115 cm³/mol. The molecular formula is C18H26ClIN4O2. The van der Waals surface area contributed by atoms with Gasteiger partial charge in [0, 0.05) is 24.2 Å². The predicted octanol–water partition coefficient (Wildman–Crippen LogP) is 3.86. The van der Waals surface area contributed by atoms with Crippen molar-refractivity contribution in [3.63, 3.8) is 0 Å². The fourth-order valence-corrected chi connectivity index (χ4v) is 2.30. The number of nitrogens with zero attached hydrogens (tertiary/aromatic N) is 2. The zero-order valence-corrected chi connectivity index (χ0v) is 18.3. The van der Waals surface area contributed by atoms with Crippen LogP contribution in [0.1, 0.15) is 49.8 Å². The maximum absolute atomic E-state index is 10.3. The molecule has 0 saturated heterocycles. The first kappa shape index (κ1) is 22.7. The molecule has 1 aromatic carbocycles. The van der Waals surface area contributed by atoms with E-state index in [0.717, 1.165) is 17.8 Å². The summed E-state index contributed by atoms with van der Waals surface area (Å²) in [6.07, 6.45) is -0.654. The number of nitrogens with one attached hydrogen (secondary N) is 2. The van der Waals surface area contributed by atoms with Crippen molar-refractivity contribution in [2.45, 2.75) is 39.3 Å². The van der Waals surface area contributed by atoms with Crippen LogP contribution in [0.2, 0.25) is 5.02 Å². The van der Waals surface area contributed by atoms with Crippen molar-refractivity contribution in [2.24, 2.45) is 4.99 Å². The van der Waals surface area contributed by atoms with Crippen LogP contribution in [0.5, 0.6) is 0 Å². The van der Waals surface area contributed by atoms with E-state index in [1.807, 2.05) is 13.0 Å². The fourth-order valence-electron chi connectivity index (χ4n) is 2.17. The lowest BCUT2D eigenvalue weighted by Gasteiger charge is -2.15. The zero-order valence-electron chi connectivity index (χ0n) is 15.2. The third-order valence-corrected chi connectivity index (χ3v) is 3.88. The van der Waals surface area contributed by atoms with E-state index in [1.54, 1.807) is 24.3 Å². The quantitative estimate of drug-likeness (QED) is 0.311. The molecule has 0 radical (unpaired) electrons. The minimum absolute atomic E-state index is 0. The molecule has 6 nitrogen and oxygen atoms in total. The fraction of sp³-hybridized carbons (Fsp3) is 0.444. The van der Waals surface area contributed by atoms with Crippen LogP contribution in [0.25, 0.3) is 0 Å². The molecule has 0 aliphatic carbocycles. The number of rotatable bonds is 7. The summed E-state index contributed by atoms with van der Waals surface area (Å²) >= 11 is 5.87. The molecule has 0 aliphatic rings. The highest BCUT2D eigenvalue weighted by Gasteiger charge is 2.10. The lowest BCUT2D eigenvalue weighted by atomic mass is 10.1. The molecule has 1 aromatic heterocycles. The molecule has 3 N–H and O–H groups in total. The Bertz CT molecular complexity index is 689. The summed E-state index contributed by atoms with van der Waals surface area (Å²) in [5.74, 6) is 1.64. The van der Waals surface area contributed by atoms with Gasteiger partial charge in [0.25, 0.3) is 0 Å². The van der Waals surface area contributed by atoms with Crippen molar-refractivity contribution >= 4 is 41.5 Å². The summed E-state index contributed by atoms with van der Waals surface area (Å²) in [5.41, 5.74) is 1.71. The summed E-state index contributed by atoms with van der Waals surface area (Å²) < 4.78 is 5.29. The molecule has 0 fully saturated rings. The van der Waals surface area contributed by atoms with E-state index in [-0.39, 0.29) is 24.0 Å². The largest absolute Gasteiger partial charge is 0.387 e. The third kappa shape index (κ3) is 7.13. The second-order valence-electron chi connectivity index (χ2n) is 6.02. The number of hydrogen-bond acceptors (Lipinski definition) is 4. The molecule has 0 saturated carbocycles. The topological polar surface area (TPSA) is 82.7 Å². The van der Waals surface area contributed by atoms with Crippen LogP contribution in [0.4, 0.5) is 0 Å². The van der Waals surface area contributed by atoms with Gasteiger partial charge in [-0.15, -0.1) is 24.0 Å². The van der Waals surface area contributed by atoms with Crippen molar-refractivity contribution in [2.75, 3.05) is 13.1 Å². The van der Waals surface area contributed by atoms with Gasteiger partial charge in [-0.05, 0) is 30.5 Å². The van der Waals surface area contributed by atoms with Crippen molar-refractivity contribution in [3.05, 3.63) is 52.4 Å². The first-order chi connectivity index (χ1) is 12.0. The lowest BCUT2D eigenvalue weighted by molar-refractivity contribution is 0.181. The molecule has 1 atom stereocenters. The summed E-state index contributed by atoms with van der Waals surface area (Å²) in [7, 11) is 0. The van der Waals surface area contributed by atoms with Crippen LogP contribution in [0.15, 0.2) is 39.8 Å². The van der Waals surface area contributed by atoms with Crippen LogP contribution >= 0.6 is 35.6 Å². The van der Waals surface area contributed by atoms with Gasteiger partial charge in [0.2, 0.25) is 0 Å². The van der Waals surface area contributed by atoms with Gasteiger partial charge in [-0.1, -0.05) is 42.7 Å². The van der Waals surface area contributed by atoms with Crippen LogP contribution in [0, 0.1) is 0 Å². The molecule has 26 heavy (non-hydrogen) atoms. The van der Waals surface area contributed by atoms with Crippen molar-refractivity contribution < 1.29 is 9.63 Å². The number of aliphatic hydroxyl groups excluding tert-OH is 1. The molecule has 2 rings (SSSR count). The minimum atomic E-state index is -0.654. The normalized spacial score (nSPS) is 12.6. The molecule has 1 unspecified atom stereocenters. The molecule has 0 aliphatic heterocycles. The molecule has 2 aromatic rings. The maximum atomic E-state index is 10.3. The molecule has 144 valence electrons. The van der Waals surface area contributed by atoms with E-state index >= 15 is 0 Å². The summed E-state index contributed by atoms with van der Waals surface area (Å²) in [6, 6.07) is 9.05. The van der Waals surface area contributed by atoms with E-state index in [4.69, 9.17) is 16.1 Å². The second kappa shape index (κ2) is 11.4. The van der Waals surface area contributed by atoms with Gasteiger partial charge >= 0.3 is 0 Å².